The van der Waals surface area contributed by atoms with Gasteiger partial charge in [0.25, 0.3) is 0 Å². The van der Waals surface area contributed by atoms with Crippen LogP contribution in [0.15, 0.2) is 18.5 Å². The molecule has 0 aliphatic carbocycles. The van der Waals surface area contributed by atoms with Gasteiger partial charge in [0.1, 0.15) is 0 Å². The summed E-state index contributed by atoms with van der Waals surface area (Å²) in [6, 6.07) is 2.32. The molecule has 1 aliphatic heterocycles. The third-order valence-corrected chi connectivity index (χ3v) is 2.98. The molecule has 0 spiro atoms. The van der Waals surface area contributed by atoms with Crippen molar-refractivity contribution in [3.05, 3.63) is 18.5 Å². The molecular formula is C11H15N7. The van der Waals surface area contributed by atoms with Crippen LogP contribution in [0.4, 0.5) is 5.95 Å². The van der Waals surface area contributed by atoms with Crippen molar-refractivity contribution in [2.75, 3.05) is 24.5 Å². The van der Waals surface area contributed by atoms with Crippen LogP contribution in [0.25, 0.3) is 11.4 Å². The number of H-pyrrole nitrogens is 1. The number of aromatic nitrogens is 5. The predicted molar refractivity (Wildman–Crippen MR) is 67.1 cm³/mol. The Hall–Kier alpha value is -2.02. The Bertz CT molecular complexity index is 509. The molecule has 0 radical (unpaired) electrons. The molecule has 0 aromatic carbocycles. The average Bonchev–Trinajstić information content (AvgIpc) is 2.89. The SMILES string of the molecule is C[C@H]1CN(c2n[nH]c(-c3ccnnc3)n2)CCN1. The molecule has 0 amide bonds. The average molecular weight is 245 g/mol. The van der Waals surface area contributed by atoms with Crippen molar-refractivity contribution < 1.29 is 0 Å². The molecule has 18 heavy (non-hydrogen) atoms. The van der Waals surface area contributed by atoms with Gasteiger partial charge in [0.15, 0.2) is 5.82 Å². The van der Waals surface area contributed by atoms with Crippen LogP contribution in [0.1, 0.15) is 6.92 Å². The minimum Gasteiger partial charge on any atom is -0.337 e. The minimum atomic E-state index is 0.461. The highest BCUT2D eigenvalue weighted by atomic mass is 15.4. The van der Waals surface area contributed by atoms with Crippen molar-refractivity contribution in [1.82, 2.24) is 30.7 Å². The highest BCUT2D eigenvalue weighted by Crippen LogP contribution is 2.16. The van der Waals surface area contributed by atoms with Crippen molar-refractivity contribution in [2.24, 2.45) is 0 Å². The van der Waals surface area contributed by atoms with Crippen LogP contribution in [0.3, 0.4) is 0 Å². The van der Waals surface area contributed by atoms with E-state index in [2.05, 4.69) is 42.5 Å². The van der Waals surface area contributed by atoms with Crippen LogP contribution < -0.4 is 10.2 Å². The molecule has 2 aromatic heterocycles. The minimum absolute atomic E-state index is 0.461. The van der Waals surface area contributed by atoms with Gasteiger partial charge in [-0.1, -0.05) is 0 Å². The topological polar surface area (TPSA) is 82.6 Å². The van der Waals surface area contributed by atoms with E-state index >= 15 is 0 Å². The fraction of sp³-hybridized carbons (Fsp3) is 0.455. The second-order valence-electron chi connectivity index (χ2n) is 4.42. The van der Waals surface area contributed by atoms with Gasteiger partial charge in [-0.25, -0.2) is 0 Å². The van der Waals surface area contributed by atoms with E-state index in [0.717, 1.165) is 37.0 Å². The molecule has 7 nitrogen and oxygen atoms in total. The maximum atomic E-state index is 4.50. The smallest absolute Gasteiger partial charge is 0.245 e. The summed E-state index contributed by atoms with van der Waals surface area (Å²) in [5.41, 5.74) is 0.895. The number of aromatic amines is 1. The van der Waals surface area contributed by atoms with Gasteiger partial charge >= 0.3 is 0 Å². The van der Waals surface area contributed by atoms with Gasteiger partial charge in [-0.15, -0.1) is 5.10 Å². The first-order valence-electron chi connectivity index (χ1n) is 6.01. The van der Waals surface area contributed by atoms with E-state index in [-0.39, 0.29) is 0 Å². The summed E-state index contributed by atoms with van der Waals surface area (Å²) in [6.07, 6.45) is 3.31. The van der Waals surface area contributed by atoms with E-state index in [1.165, 1.54) is 0 Å². The van der Waals surface area contributed by atoms with Gasteiger partial charge in [0.05, 0.1) is 12.4 Å². The molecule has 2 N–H and O–H groups in total. The molecule has 1 fully saturated rings. The second kappa shape index (κ2) is 4.69. The lowest BCUT2D eigenvalue weighted by Crippen LogP contribution is -2.49. The zero-order valence-corrected chi connectivity index (χ0v) is 10.2. The third kappa shape index (κ3) is 2.17. The summed E-state index contributed by atoms with van der Waals surface area (Å²) >= 11 is 0. The number of nitrogens with zero attached hydrogens (tertiary/aromatic N) is 5. The highest BCUT2D eigenvalue weighted by molar-refractivity contribution is 5.54. The van der Waals surface area contributed by atoms with Crippen LogP contribution in [0, 0.1) is 0 Å². The first-order chi connectivity index (χ1) is 8.83. The van der Waals surface area contributed by atoms with Crippen LogP contribution in [-0.4, -0.2) is 51.1 Å². The van der Waals surface area contributed by atoms with E-state index in [1.54, 1.807) is 12.4 Å². The van der Waals surface area contributed by atoms with Gasteiger partial charge in [0.2, 0.25) is 5.95 Å². The molecule has 1 atom stereocenters. The normalized spacial score (nSPS) is 20.1. The summed E-state index contributed by atoms with van der Waals surface area (Å²) in [6.45, 7) is 4.97. The summed E-state index contributed by atoms with van der Waals surface area (Å²) in [7, 11) is 0. The first-order valence-corrected chi connectivity index (χ1v) is 6.01. The zero-order valence-electron chi connectivity index (χ0n) is 10.2. The molecule has 3 heterocycles. The number of hydrogen-bond acceptors (Lipinski definition) is 6. The lowest BCUT2D eigenvalue weighted by molar-refractivity contribution is 0.480. The van der Waals surface area contributed by atoms with E-state index in [9.17, 15) is 0 Å². The fourth-order valence-electron chi connectivity index (χ4n) is 2.07. The van der Waals surface area contributed by atoms with Gasteiger partial charge < -0.3 is 10.2 Å². The van der Waals surface area contributed by atoms with Gasteiger partial charge in [-0.2, -0.15) is 15.2 Å². The highest BCUT2D eigenvalue weighted by Gasteiger charge is 2.19. The summed E-state index contributed by atoms with van der Waals surface area (Å²) < 4.78 is 0. The molecule has 3 rings (SSSR count). The Labute approximate surface area is 105 Å². The van der Waals surface area contributed by atoms with E-state index in [1.807, 2.05) is 6.07 Å². The molecule has 2 aromatic rings. The fourth-order valence-corrected chi connectivity index (χ4v) is 2.07. The summed E-state index contributed by atoms with van der Waals surface area (Å²) in [5, 5.41) is 18.2. The molecule has 0 bridgehead atoms. The monoisotopic (exact) mass is 245 g/mol. The predicted octanol–water partition coefficient (Wildman–Crippen LogP) is 0.0598. The zero-order chi connectivity index (χ0) is 12.4. The lowest BCUT2D eigenvalue weighted by Gasteiger charge is -2.30. The summed E-state index contributed by atoms with van der Waals surface area (Å²) in [4.78, 5) is 6.68. The molecule has 7 heteroatoms. The number of anilines is 1. The Morgan fingerprint density at radius 1 is 1.39 bits per heavy atom. The van der Waals surface area contributed by atoms with Crippen molar-refractivity contribution in [3.63, 3.8) is 0 Å². The molecule has 1 aliphatic rings. The standard InChI is InChI=1S/C11H15N7/c1-8-7-18(5-4-12-8)11-15-10(16-17-11)9-2-3-13-14-6-9/h2-3,6,8,12H,4-5,7H2,1H3,(H,15,16,17)/t8-/m0/s1. The Balaban J connectivity index is 1.81. The van der Waals surface area contributed by atoms with E-state index in [4.69, 9.17) is 0 Å². The molecular weight excluding hydrogens is 230 g/mol. The maximum absolute atomic E-state index is 4.50. The third-order valence-electron chi connectivity index (χ3n) is 2.98. The lowest BCUT2D eigenvalue weighted by atomic mass is 10.2. The van der Waals surface area contributed by atoms with Crippen molar-refractivity contribution in [3.8, 4) is 11.4 Å². The maximum Gasteiger partial charge on any atom is 0.245 e. The van der Waals surface area contributed by atoms with Crippen LogP contribution in [0.2, 0.25) is 0 Å². The van der Waals surface area contributed by atoms with Crippen molar-refractivity contribution in [2.45, 2.75) is 13.0 Å². The molecule has 0 unspecified atom stereocenters. The van der Waals surface area contributed by atoms with E-state index in [0.29, 0.717) is 6.04 Å². The van der Waals surface area contributed by atoms with Crippen molar-refractivity contribution >= 4 is 5.95 Å². The molecule has 1 saturated heterocycles. The van der Waals surface area contributed by atoms with Gasteiger partial charge in [-0.3, -0.25) is 5.10 Å². The largest absolute Gasteiger partial charge is 0.337 e. The van der Waals surface area contributed by atoms with Crippen LogP contribution >= 0.6 is 0 Å². The Morgan fingerprint density at radius 2 is 2.33 bits per heavy atom. The number of piperazine rings is 1. The van der Waals surface area contributed by atoms with Gasteiger partial charge in [-0.05, 0) is 13.0 Å². The van der Waals surface area contributed by atoms with Crippen LogP contribution in [-0.2, 0) is 0 Å². The Morgan fingerprint density at radius 3 is 3.11 bits per heavy atom. The number of nitrogens with one attached hydrogen (secondary N) is 2. The van der Waals surface area contributed by atoms with Crippen molar-refractivity contribution in [1.29, 1.82) is 0 Å². The Kier molecular flexibility index (Phi) is 2.89. The number of rotatable bonds is 2. The number of hydrogen-bond donors (Lipinski definition) is 2. The van der Waals surface area contributed by atoms with Crippen LogP contribution in [0.5, 0.6) is 0 Å². The molecule has 94 valence electrons. The van der Waals surface area contributed by atoms with E-state index < -0.39 is 0 Å². The quantitative estimate of drug-likeness (QED) is 0.778. The summed E-state index contributed by atoms with van der Waals surface area (Å²) in [5.74, 6) is 1.47. The molecule has 0 saturated carbocycles. The first kappa shape index (κ1) is 11.1. The van der Waals surface area contributed by atoms with Gasteiger partial charge in [0, 0.05) is 31.2 Å². The second-order valence-corrected chi connectivity index (χ2v) is 4.42.